The fourth-order valence-corrected chi connectivity index (χ4v) is 10.6. The summed E-state index contributed by atoms with van der Waals surface area (Å²) < 4.78 is 9.13. The highest BCUT2D eigenvalue weighted by atomic mass is 16.3. The maximum Gasteiger partial charge on any atom is 0.143 e. The van der Waals surface area contributed by atoms with Gasteiger partial charge in [-0.05, 0) is 81.9 Å². The molecular formula is C66H44N2O. The molecule has 0 atom stereocenters. The molecule has 0 N–H and O–H groups in total. The molecule has 324 valence electrons. The Bertz CT molecular complexity index is 3970. The maximum atomic E-state index is 6.71. The van der Waals surface area contributed by atoms with Crippen LogP contribution >= 0.6 is 0 Å². The molecule has 11 aromatic carbocycles. The number of nitrogens with zero attached hydrogens (tertiary/aromatic N) is 2. The standard InChI is InChI=1S/C66H44N2O/c1-2-21-45(22-3-1)48-23-4-6-25-50(48)52-27-8-14-35-60(52)67(61-36-15-12-31-56(61)58-33-20-34-59-57-32-13-19-40-65(57)69-66(58)59)47-43-41-46(42-44-47)49-24-5-7-26-51(49)53-28-9-16-37-62(53)68-63-38-17-10-29-54(63)55-30-11-18-39-64(55)68/h1-44H. The minimum Gasteiger partial charge on any atom is -0.455 e. The number of rotatable bonds is 9. The molecule has 0 amide bonds. The zero-order valence-corrected chi connectivity index (χ0v) is 37.7. The quantitative estimate of drug-likeness (QED) is 0.144. The van der Waals surface area contributed by atoms with Crippen molar-refractivity contribution >= 4 is 60.8 Å². The summed E-state index contributed by atoms with van der Waals surface area (Å²) in [5.41, 5.74) is 19.8. The van der Waals surface area contributed by atoms with Crippen LogP contribution in [0.2, 0.25) is 0 Å². The third-order valence-corrected chi connectivity index (χ3v) is 13.7. The van der Waals surface area contributed by atoms with E-state index >= 15 is 0 Å². The number of fused-ring (bicyclic) bond motifs is 6. The number of hydrogen-bond donors (Lipinski definition) is 0. The van der Waals surface area contributed by atoms with Crippen LogP contribution in [0, 0.1) is 0 Å². The molecule has 3 heteroatoms. The van der Waals surface area contributed by atoms with Gasteiger partial charge in [0.1, 0.15) is 11.2 Å². The molecule has 2 aromatic heterocycles. The Hall–Kier alpha value is -9.18. The zero-order valence-electron chi connectivity index (χ0n) is 37.7. The second-order valence-electron chi connectivity index (χ2n) is 17.5. The summed E-state index contributed by atoms with van der Waals surface area (Å²) in [6.07, 6.45) is 0. The first-order chi connectivity index (χ1) is 34.3. The molecule has 2 heterocycles. The van der Waals surface area contributed by atoms with Gasteiger partial charge in [-0.25, -0.2) is 0 Å². The Labute approximate surface area is 401 Å². The van der Waals surface area contributed by atoms with Crippen molar-refractivity contribution in [2.24, 2.45) is 0 Å². The van der Waals surface area contributed by atoms with Crippen LogP contribution in [-0.4, -0.2) is 4.57 Å². The van der Waals surface area contributed by atoms with Gasteiger partial charge in [0, 0.05) is 49.5 Å². The summed E-state index contributed by atoms with van der Waals surface area (Å²) >= 11 is 0. The number of para-hydroxylation sites is 7. The number of hydrogen-bond acceptors (Lipinski definition) is 2. The van der Waals surface area contributed by atoms with Crippen LogP contribution in [0.4, 0.5) is 17.1 Å². The van der Waals surface area contributed by atoms with Crippen molar-refractivity contribution < 1.29 is 4.42 Å². The predicted molar refractivity (Wildman–Crippen MR) is 290 cm³/mol. The summed E-state index contributed by atoms with van der Waals surface area (Å²) in [6.45, 7) is 0. The Morgan fingerprint density at radius 3 is 1.36 bits per heavy atom. The predicted octanol–water partition coefficient (Wildman–Crippen LogP) is 18.5. The van der Waals surface area contributed by atoms with E-state index in [2.05, 4.69) is 270 Å². The number of anilines is 3. The van der Waals surface area contributed by atoms with Crippen LogP contribution in [0.5, 0.6) is 0 Å². The fraction of sp³-hybridized carbons (Fsp3) is 0. The van der Waals surface area contributed by atoms with E-state index in [1.54, 1.807) is 0 Å². The van der Waals surface area contributed by atoms with Crippen LogP contribution in [0.15, 0.2) is 271 Å². The van der Waals surface area contributed by atoms with Crippen molar-refractivity contribution in [1.29, 1.82) is 0 Å². The van der Waals surface area contributed by atoms with Crippen molar-refractivity contribution in [2.75, 3.05) is 4.90 Å². The lowest BCUT2D eigenvalue weighted by molar-refractivity contribution is 0.670. The van der Waals surface area contributed by atoms with Crippen LogP contribution in [0.1, 0.15) is 0 Å². The monoisotopic (exact) mass is 880 g/mol. The van der Waals surface area contributed by atoms with Crippen molar-refractivity contribution in [3.05, 3.63) is 267 Å². The minimum atomic E-state index is 0.877. The first-order valence-corrected chi connectivity index (χ1v) is 23.6. The van der Waals surface area contributed by atoms with Crippen molar-refractivity contribution in [2.45, 2.75) is 0 Å². The Morgan fingerprint density at radius 1 is 0.275 bits per heavy atom. The van der Waals surface area contributed by atoms with Crippen molar-refractivity contribution in [1.82, 2.24) is 4.57 Å². The van der Waals surface area contributed by atoms with Gasteiger partial charge >= 0.3 is 0 Å². The molecule has 0 saturated carbocycles. The van der Waals surface area contributed by atoms with Gasteiger partial charge in [0.25, 0.3) is 0 Å². The lowest BCUT2D eigenvalue weighted by Gasteiger charge is -2.30. The summed E-state index contributed by atoms with van der Waals surface area (Å²) in [4.78, 5) is 2.43. The molecule has 0 unspecified atom stereocenters. The summed E-state index contributed by atoms with van der Waals surface area (Å²) in [5, 5.41) is 4.71. The topological polar surface area (TPSA) is 21.3 Å². The molecule has 0 aliphatic heterocycles. The zero-order chi connectivity index (χ0) is 45.7. The summed E-state index contributed by atoms with van der Waals surface area (Å²) in [5.74, 6) is 0. The van der Waals surface area contributed by atoms with Gasteiger partial charge in [-0.2, -0.15) is 0 Å². The van der Waals surface area contributed by atoms with Gasteiger partial charge in [-0.1, -0.05) is 218 Å². The fourth-order valence-electron chi connectivity index (χ4n) is 10.6. The van der Waals surface area contributed by atoms with E-state index in [9.17, 15) is 0 Å². The van der Waals surface area contributed by atoms with E-state index in [0.29, 0.717) is 0 Å². The molecule has 13 aromatic rings. The normalized spacial score (nSPS) is 11.5. The molecule has 0 radical (unpaired) electrons. The lowest BCUT2D eigenvalue weighted by Crippen LogP contribution is -2.12. The van der Waals surface area contributed by atoms with Gasteiger partial charge in [0.2, 0.25) is 0 Å². The highest BCUT2D eigenvalue weighted by molar-refractivity contribution is 6.12. The Morgan fingerprint density at radius 2 is 0.710 bits per heavy atom. The van der Waals surface area contributed by atoms with E-state index in [-0.39, 0.29) is 0 Å². The smallest absolute Gasteiger partial charge is 0.143 e. The van der Waals surface area contributed by atoms with Crippen LogP contribution < -0.4 is 4.90 Å². The van der Waals surface area contributed by atoms with Gasteiger partial charge in [0.05, 0.1) is 28.1 Å². The number of benzene rings is 11. The first kappa shape index (κ1) is 40.1. The molecule has 13 rings (SSSR count). The minimum absolute atomic E-state index is 0.877. The summed E-state index contributed by atoms with van der Waals surface area (Å²) in [7, 11) is 0. The highest BCUT2D eigenvalue weighted by Crippen LogP contribution is 2.49. The number of aromatic nitrogens is 1. The molecule has 0 saturated heterocycles. The Kier molecular flexibility index (Phi) is 9.84. The largest absolute Gasteiger partial charge is 0.455 e. The highest BCUT2D eigenvalue weighted by Gasteiger charge is 2.24. The third kappa shape index (κ3) is 6.82. The van der Waals surface area contributed by atoms with Crippen LogP contribution in [0.3, 0.4) is 0 Å². The number of furan rings is 1. The SMILES string of the molecule is c1ccc(-c2ccccc2-c2ccccc2N(c2ccc(-c3ccccc3-c3ccccc3-n3c4ccccc4c4ccccc43)cc2)c2ccccc2-c2cccc3c2oc2ccccc23)cc1. The third-order valence-electron chi connectivity index (χ3n) is 13.7. The molecular weight excluding hydrogens is 837 g/mol. The second-order valence-corrected chi connectivity index (χ2v) is 17.5. The second kappa shape index (κ2) is 16.9. The molecule has 69 heavy (non-hydrogen) atoms. The molecule has 0 aliphatic carbocycles. The van der Waals surface area contributed by atoms with E-state index in [1.807, 2.05) is 6.07 Å². The van der Waals surface area contributed by atoms with Crippen molar-refractivity contribution in [3.8, 4) is 61.3 Å². The van der Waals surface area contributed by atoms with Gasteiger partial charge in [0.15, 0.2) is 0 Å². The molecule has 0 bridgehead atoms. The van der Waals surface area contributed by atoms with Gasteiger partial charge in [-0.3, -0.25) is 0 Å². The van der Waals surface area contributed by atoms with E-state index in [1.165, 1.54) is 44.1 Å². The molecule has 0 fully saturated rings. The molecule has 0 spiro atoms. The molecule has 3 nitrogen and oxygen atoms in total. The van der Waals surface area contributed by atoms with E-state index in [4.69, 9.17) is 4.42 Å². The van der Waals surface area contributed by atoms with Gasteiger partial charge < -0.3 is 13.9 Å². The van der Waals surface area contributed by atoms with Crippen molar-refractivity contribution in [3.63, 3.8) is 0 Å². The van der Waals surface area contributed by atoms with Gasteiger partial charge in [-0.15, -0.1) is 0 Å². The van der Waals surface area contributed by atoms with Crippen LogP contribution in [0.25, 0.3) is 105 Å². The summed E-state index contributed by atoms with van der Waals surface area (Å²) in [6, 6.07) is 96.1. The van der Waals surface area contributed by atoms with E-state index < -0.39 is 0 Å². The van der Waals surface area contributed by atoms with E-state index in [0.717, 1.165) is 78.1 Å². The van der Waals surface area contributed by atoms with Crippen LogP contribution in [-0.2, 0) is 0 Å². The Balaban J connectivity index is 0.992. The average Bonchev–Trinajstić information content (AvgIpc) is 3.98. The maximum absolute atomic E-state index is 6.71. The first-order valence-electron chi connectivity index (χ1n) is 23.6. The average molecular weight is 881 g/mol. The lowest BCUT2D eigenvalue weighted by atomic mass is 9.92. The molecule has 0 aliphatic rings.